The van der Waals surface area contributed by atoms with Crippen molar-refractivity contribution < 1.29 is 14.3 Å². The van der Waals surface area contributed by atoms with Crippen molar-refractivity contribution in [1.29, 1.82) is 0 Å². The molecule has 1 aromatic rings. The van der Waals surface area contributed by atoms with Gasteiger partial charge >= 0.3 is 0 Å². The smallest absolute Gasteiger partial charge is 0.254 e. The van der Waals surface area contributed by atoms with Crippen LogP contribution in [-0.2, 0) is 0 Å². The van der Waals surface area contributed by atoms with Crippen molar-refractivity contribution in [1.82, 2.24) is 4.90 Å². The van der Waals surface area contributed by atoms with Crippen LogP contribution in [0.3, 0.4) is 0 Å². The van der Waals surface area contributed by atoms with Crippen molar-refractivity contribution in [3.05, 3.63) is 23.8 Å². The number of rotatable bonds is 8. The monoisotopic (exact) mass is 333 g/mol. The molecule has 134 valence electrons. The maximum absolute atomic E-state index is 12.9. The van der Waals surface area contributed by atoms with Gasteiger partial charge in [0.2, 0.25) is 0 Å². The van der Waals surface area contributed by atoms with Crippen LogP contribution in [0.2, 0.25) is 0 Å². The highest BCUT2D eigenvalue weighted by Gasteiger charge is 2.26. The molecular formula is C20H31NO3. The highest BCUT2D eigenvalue weighted by molar-refractivity contribution is 5.95. The van der Waals surface area contributed by atoms with E-state index in [9.17, 15) is 4.79 Å². The van der Waals surface area contributed by atoms with Gasteiger partial charge in [0, 0.05) is 18.2 Å². The predicted octanol–water partition coefficient (Wildman–Crippen LogP) is 4.67. The summed E-state index contributed by atoms with van der Waals surface area (Å²) in [5, 5.41) is 0. The summed E-state index contributed by atoms with van der Waals surface area (Å²) in [4.78, 5) is 15.0. The van der Waals surface area contributed by atoms with Crippen LogP contribution in [0.15, 0.2) is 18.2 Å². The number of amides is 1. The molecule has 1 atom stereocenters. The van der Waals surface area contributed by atoms with Crippen LogP contribution in [-0.4, -0.2) is 36.6 Å². The fourth-order valence-corrected chi connectivity index (χ4v) is 3.21. The molecule has 1 unspecified atom stereocenters. The Balaban J connectivity index is 2.16. The first-order valence-corrected chi connectivity index (χ1v) is 9.41. The topological polar surface area (TPSA) is 38.8 Å². The van der Waals surface area contributed by atoms with Crippen molar-refractivity contribution in [3.8, 4) is 11.5 Å². The van der Waals surface area contributed by atoms with E-state index in [1.807, 2.05) is 30.0 Å². The summed E-state index contributed by atoms with van der Waals surface area (Å²) in [6.07, 6.45) is 6.54. The molecule has 1 amide bonds. The molecule has 1 saturated heterocycles. The minimum Gasteiger partial charge on any atom is -0.490 e. The largest absolute Gasteiger partial charge is 0.490 e. The number of likely N-dealkylation sites (tertiary alicyclic amines) is 1. The number of nitrogens with zero attached hydrogens (tertiary/aromatic N) is 1. The van der Waals surface area contributed by atoms with E-state index in [0.717, 1.165) is 44.4 Å². The Morgan fingerprint density at radius 2 is 2.00 bits per heavy atom. The molecular weight excluding hydrogens is 302 g/mol. The molecule has 2 rings (SSSR count). The molecule has 1 aliphatic heterocycles. The quantitative estimate of drug-likeness (QED) is 0.649. The molecule has 4 nitrogen and oxygen atoms in total. The molecule has 0 radical (unpaired) electrons. The highest BCUT2D eigenvalue weighted by atomic mass is 16.5. The number of unbranched alkanes of at least 4 members (excludes halogenated alkanes) is 1. The molecule has 1 heterocycles. The Morgan fingerprint density at radius 3 is 2.71 bits per heavy atom. The number of hydrogen-bond acceptors (Lipinski definition) is 3. The zero-order valence-electron chi connectivity index (χ0n) is 15.3. The first-order valence-electron chi connectivity index (χ1n) is 9.41. The van der Waals surface area contributed by atoms with E-state index in [0.29, 0.717) is 30.6 Å². The molecule has 24 heavy (non-hydrogen) atoms. The molecule has 1 fully saturated rings. The van der Waals surface area contributed by atoms with E-state index in [1.54, 1.807) is 0 Å². The van der Waals surface area contributed by atoms with Gasteiger partial charge in [-0.15, -0.1) is 0 Å². The standard InChI is InChI=1S/C20H31NO3/c1-4-7-14-24-18-12-11-16(15-19(18)23-6-3)20(22)21-13-9-8-10-17(21)5-2/h11-12,15,17H,4-10,13-14H2,1-3H3. The summed E-state index contributed by atoms with van der Waals surface area (Å²) in [5.74, 6) is 1.51. The number of carbonyl (C=O) groups is 1. The van der Waals surface area contributed by atoms with Crippen LogP contribution in [0.1, 0.15) is 69.7 Å². The normalized spacial score (nSPS) is 17.6. The fraction of sp³-hybridized carbons (Fsp3) is 0.650. The second-order valence-electron chi connectivity index (χ2n) is 6.35. The zero-order valence-corrected chi connectivity index (χ0v) is 15.3. The van der Waals surface area contributed by atoms with Gasteiger partial charge in [0.1, 0.15) is 0 Å². The zero-order chi connectivity index (χ0) is 17.4. The summed E-state index contributed by atoms with van der Waals surface area (Å²) in [6, 6.07) is 5.95. The van der Waals surface area contributed by atoms with E-state index >= 15 is 0 Å². The SMILES string of the molecule is CCCCOc1ccc(C(=O)N2CCCCC2CC)cc1OCC. The van der Waals surface area contributed by atoms with E-state index in [2.05, 4.69) is 13.8 Å². The van der Waals surface area contributed by atoms with Crippen molar-refractivity contribution in [3.63, 3.8) is 0 Å². The molecule has 1 aromatic carbocycles. The summed E-state index contributed by atoms with van der Waals surface area (Å²) in [7, 11) is 0. The lowest BCUT2D eigenvalue weighted by molar-refractivity contribution is 0.0607. The second-order valence-corrected chi connectivity index (χ2v) is 6.35. The van der Waals surface area contributed by atoms with Gasteiger partial charge in [-0.3, -0.25) is 4.79 Å². The van der Waals surface area contributed by atoms with Gasteiger partial charge < -0.3 is 14.4 Å². The van der Waals surface area contributed by atoms with Crippen LogP contribution in [0.5, 0.6) is 11.5 Å². The molecule has 0 N–H and O–H groups in total. The summed E-state index contributed by atoms with van der Waals surface area (Å²) in [6.45, 7) is 8.33. The molecule has 1 aliphatic rings. The van der Waals surface area contributed by atoms with Crippen LogP contribution in [0, 0.1) is 0 Å². The Hall–Kier alpha value is -1.71. The number of ether oxygens (including phenoxy) is 2. The number of piperidine rings is 1. The Kier molecular flexibility index (Phi) is 7.41. The first kappa shape index (κ1) is 18.6. The van der Waals surface area contributed by atoms with Crippen LogP contribution in [0.25, 0.3) is 0 Å². The minimum atomic E-state index is 0.114. The summed E-state index contributed by atoms with van der Waals surface area (Å²) < 4.78 is 11.5. The van der Waals surface area contributed by atoms with Crippen molar-refractivity contribution in [2.75, 3.05) is 19.8 Å². The van der Waals surface area contributed by atoms with Gasteiger partial charge in [0.25, 0.3) is 5.91 Å². The molecule has 0 bridgehead atoms. The number of carbonyl (C=O) groups excluding carboxylic acids is 1. The maximum Gasteiger partial charge on any atom is 0.254 e. The Morgan fingerprint density at radius 1 is 1.17 bits per heavy atom. The molecule has 0 spiro atoms. The first-order chi connectivity index (χ1) is 11.7. The lowest BCUT2D eigenvalue weighted by atomic mass is 9.99. The summed E-state index contributed by atoms with van der Waals surface area (Å²) in [5.41, 5.74) is 0.696. The second kappa shape index (κ2) is 9.55. The Labute approximate surface area is 146 Å². The summed E-state index contributed by atoms with van der Waals surface area (Å²) >= 11 is 0. The average Bonchev–Trinajstić information content (AvgIpc) is 2.62. The third-order valence-electron chi connectivity index (χ3n) is 4.61. The van der Waals surface area contributed by atoms with Gasteiger partial charge in [-0.25, -0.2) is 0 Å². The Bertz CT molecular complexity index is 530. The lowest BCUT2D eigenvalue weighted by Gasteiger charge is -2.35. The third kappa shape index (κ3) is 4.65. The number of hydrogen-bond donors (Lipinski definition) is 0. The van der Waals surface area contributed by atoms with E-state index in [4.69, 9.17) is 9.47 Å². The van der Waals surface area contributed by atoms with E-state index < -0.39 is 0 Å². The van der Waals surface area contributed by atoms with E-state index in [-0.39, 0.29) is 5.91 Å². The minimum absolute atomic E-state index is 0.114. The lowest BCUT2D eigenvalue weighted by Crippen LogP contribution is -2.43. The average molecular weight is 333 g/mol. The van der Waals surface area contributed by atoms with Gasteiger partial charge in [-0.1, -0.05) is 20.3 Å². The molecule has 4 heteroatoms. The van der Waals surface area contributed by atoms with Crippen LogP contribution < -0.4 is 9.47 Å². The number of benzene rings is 1. The van der Waals surface area contributed by atoms with Crippen LogP contribution >= 0.6 is 0 Å². The predicted molar refractivity (Wildman–Crippen MR) is 97.0 cm³/mol. The molecule has 0 saturated carbocycles. The van der Waals surface area contributed by atoms with Crippen molar-refractivity contribution in [2.45, 2.75) is 65.3 Å². The third-order valence-corrected chi connectivity index (χ3v) is 4.61. The van der Waals surface area contributed by atoms with Crippen molar-refractivity contribution in [2.24, 2.45) is 0 Å². The van der Waals surface area contributed by atoms with Crippen molar-refractivity contribution >= 4 is 5.91 Å². The van der Waals surface area contributed by atoms with Gasteiger partial charge in [0.15, 0.2) is 11.5 Å². The maximum atomic E-state index is 12.9. The molecule has 0 aliphatic carbocycles. The molecule has 0 aromatic heterocycles. The highest BCUT2D eigenvalue weighted by Crippen LogP contribution is 2.30. The van der Waals surface area contributed by atoms with Gasteiger partial charge in [-0.05, 0) is 57.2 Å². The fourth-order valence-electron chi connectivity index (χ4n) is 3.21. The van der Waals surface area contributed by atoms with Gasteiger partial charge in [-0.2, -0.15) is 0 Å². The van der Waals surface area contributed by atoms with Crippen LogP contribution in [0.4, 0.5) is 0 Å². The van der Waals surface area contributed by atoms with E-state index in [1.165, 1.54) is 6.42 Å². The van der Waals surface area contributed by atoms with Gasteiger partial charge in [0.05, 0.1) is 13.2 Å².